The number of nitrogens with zero attached hydrogens (tertiary/aromatic N) is 1. The molecule has 0 unspecified atom stereocenters. The van der Waals surface area contributed by atoms with Gasteiger partial charge in [0.15, 0.2) is 5.78 Å². The summed E-state index contributed by atoms with van der Waals surface area (Å²) in [5, 5.41) is 0. The fourth-order valence-electron chi connectivity index (χ4n) is 1.29. The van der Waals surface area contributed by atoms with Gasteiger partial charge in [0, 0.05) is 11.9 Å². The van der Waals surface area contributed by atoms with Crippen molar-refractivity contribution in [3.8, 4) is 0 Å². The molecule has 12 heavy (non-hydrogen) atoms. The molecule has 0 N–H and O–H groups in total. The molecule has 0 saturated carbocycles. The zero-order valence-corrected chi connectivity index (χ0v) is 6.57. The molecule has 0 aliphatic carbocycles. The summed E-state index contributed by atoms with van der Waals surface area (Å²) in [7, 11) is 0. The molecule has 1 aliphatic rings. The van der Waals surface area contributed by atoms with E-state index in [9.17, 15) is 9.59 Å². The predicted octanol–water partition coefficient (Wildman–Crippen LogP) is 1.11. The molecule has 3 nitrogen and oxygen atoms in total. The summed E-state index contributed by atoms with van der Waals surface area (Å²) in [6, 6.07) is 3.58. The molecule has 0 amide bonds. The Morgan fingerprint density at radius 3 is 2.83 bits per heavy atom. The lowest BCUT2D eigenvalue weighted by Crippen LogP contribution is -2.11. The van der Waals surface area contributed by atoms with Gasteiger partial charge in [0.05, 0.1) is 5.57 Å². The Hall–Kier alpha value is -1.64. The lowest BCUT2D eigenvalue weighted by molar-refractivity contribution is -0.113. The molecule has 0 bridgehead atoms. The largest absolute Gasteiger partial charge is 0.294 e. The summed E-state index contributed by atoms with van der Waals surface area (Å²) in [6.07, 6.45) is 3.27. The van der Waals surface area contributed by atoms with Gasteiger partial charge in [-0.1, -0.05) is 0 Å². The van der Waals surface area contributed by atoms with E-state index in [2.05, 4.69) is 0 Å². The van der Waals surface area contributed by atoms with Crippen LogP contribution in [0.15, 0.2) is 23.9 Å². The summed E-state index contributed by atoms with van der Waals surface area (Å²) in [5.41, 5.74) is 1.05. The van der Waals surface area contributed by atoms with Crippen LogP contribution in [-0.2, 0) is 4.79 Å². The van der Waals surface area contributed by atoms with E-state index < -0.39 is 0 Å². The van der Waals surface area contributed by atoms with Crippen LogP contribution in [0, 0.1) is 0 Å². The SMILES string of the molecule is CC(=O)C1=Cc2cccn2C1=O. The molecular formula is C9H7NO2. The molecule has 0 atom stereocenters. The van der Waals surface area contributed by atoms with Crippen molar-refractivity contribution < 1.29 is 9.59 Å². The minimum absolute atomic E-state index is 0.177. The van der Waals surface area contributed by atoms with Crippen LogP contribution >= 0.6 is 0 Å². The Morgan fingerprint density at radius 1 is 1.50 bits per heavy atom. The second-order valence-electron chi connectivity index (χ2n) is 2.72. The van der Waals surface area contributed by atoms with Crippen LogP contribution in [0.5, 0.6) is 0 Å². The zero-order chi connectivity index (χ0) is 8.72. The summed E-state index contributed by atoms with van der Waals surface area (Å²) >= 11 is 0. The fourth-order valence-corrected chi connectivity index (χ4v) is 1.29. The van der Waals surface area contributed by atoms with E-state index in [1.54, 1.807) is 24.4 Å². The smallest absolute Gasteiger partial charge is 0.266 e. The molecule has 0 radical (unpaired) electrons. The van der Waals surface area contributed by atoms with Crippen molar-refractivity contribution in [1.29, 1.82) is 0 Å². The highest BCUT2D eigenvalue weighted by Gasteiger charge is 2.23. The summed E-state index contributed by atoms with van der Waals surface area (Å²) < 4.78 is 1.47. The van der Waals surface area contributed by atoms with E-state index in [4.69, 9.17) is 0 Å². The van der Waals surface area contributed by atoms with E-state index in [0.29, 0.717) is 0 Å². The van der Waals surface area contributed by atoms with Gasteiger partial charge in [-0.15, -0.1) is 0 Å². The third kappa shape index (κ3) is 0.763. The maximum Gasteiger partial charge on any atom is 0.266 e. The Balaban J connectivity index is 2.55. The van der Waals surface area contributed by atoms with Crippen LogP contribution in [-0.4, -0.2) is 16.3 Å². The van der Waals surface area contributed by atoms with Gasteiger partial charge in [-0.05, 0) is 25.1 Å². The van der Waals surface area contributed by atoms with E-state index >= 15 is 0 Å². The number of ketones is 1. The third-order valence-corrected chi connectivity index (χ3v) is 1.90. The maximum atomic E-state index is 11.4. The zero-order valence-electron chi connectivity index (χ0n) is 6.57. The Bertz CT molecular complexity index is 398. The van der Waals surface area contributed by atoms with Gasteiger partial charge in [0.25, 0.3) is 5.91 Å². The first kappa shape index (κ1) is 7.03. The number of fused-ring (bicyclic) bond motifs is 1. The first-order valence-corrected chi connectivity index (χ1v) is 3.65. The van der Waals surface area contributed by atoms with Gasteiger partial charge in [-0.2, -0.15) is 0 Å². The highest BCUT2D eigenvalue weighted by Crippen LogP contribution is 2.18. The van der Waals surface area contributed by atoms with Crippen LogP contribution in [0.25, 0.3) is 6.08 Å². The topological polar surface area (TPSA) is 39.1 Å². The van der Waals surface area contributed by atoms with E-state index in [1.165, 1.54) is 11.5 Å². The maximum absolute atomic E-state index is 11.4. The lowest BCUT2D eigenvalue weighted by atomic mass is 10.2. The second-order valence-corrected chi connectivity index (χ2v) is 2.72. The first-order valence-electron chi connectivity index (χ1n) is 3.65. The van der Waals surface area contributed by atoms with Gasteiger partial charge < -0.3 is 0 Å². The van der Waals surface area contributed by atoms with Crippen molar-refractivity contribution in [2.24, 2.45) is 0 Å². The minimum atomic E-state index is -0.220. The molecule has 1 aromatic heterocycles. The number of aromatic nitrogens is 1. The van der Waals surface area contributed by atoms with Gasteiger partial charge in [-0.3, -0.25) is 14.2 Å². The van der Waals surface area contributed by atoms with Crippen molar-refractivity contribution in [1.82, 2.24) is 4.57 Å². The van der Waals surface area contributed by atoms with Crippen LogP contribution < -0.4 is 0 Å². The Kier molecular flexibility index (Phi) is 1.27. The van der Waals surface area contributed by atoms with E-state index in [-0.39, 0.29) is 17.3 Å². The molecule has 1 aromatic rings. The van der Waals surface area contributed by atoms with Gasteiger partial charge in [0.2, 0.25) is 0 Å². The molecule has 2 rings (SSSR count). The average molecular weight is 161 g/mol. The summed E-state index contributed by atoms with van der Waals surface area (Å²) in [6.45, 7) is 1.40. The first-order chi connectivity index (χ1) is 5.70. The number of Topliss-reactive ketones (excluding diaryl/α,β-unsaturated/α-hetero) is 1. The summed E-state index contributed by atoms with van der Waals surface area (Å²) in [5.74, 6) is -0.397. The van der Waals surface area contributed by atoms with Gasteiger partial charge in [-0.25, -0.2) is 0 Å². The quantitative estimate of drug-likeness (QED) is 0.579. The van der Waals surface area contributed by atoms with Gasteiger partial charge >= 0.3 is 0 Å². The average Bonchev–Trinajstić information content (AvgIpc) is 2.53. The molecule has 0 saturated heterocycles. The standard InChI is InChI=1S/C9H7NO2/c1-6(11)8-5-7-3-2-4-10(7)9(8)12/h2-5H,1H3. The van der Waals surface area contributed by atoms with Crippen LogP contribution in [0.3, 0.4) is 0 Å². The van der Waals surface area contributed by atoms with Crippen molar-refractivity contribution in [3.63, 3.8) is 0 Å². The van der Waals surface area contributed by atoms with E-state index in [1.807, 2.05) is 0 Å². The van der Waals surface area contributed by atoms with Crippen molar-refractivity contribution >= 4 is 17.8 Å². The Morgan fingerprint density at radius 2 is 2.25 bits per heavy atom. The summed E-state index contributed by atoms with van der Waals surface area (Å²) in [4.78, 5) is 22.3. The molecule has 60 valence electrons. The second kappa shape index (κ2) is 2.17. The predicted molar refractivity (Wildman–Crippen MR) is 43.7 cm³/mol. The molecule has 1 aliphatic heterocycles. The number of carbonyl (C=O) groups is 2. The van der Waals surface area contributed by atoms with E-state index in [0.717, 1.165) is 5.69 Å². The van der Waals surface area contributed by atoms with Crippen LogP contribution in [0.1, 0.15) is 17.4 Å². The number of hydrogen-bond acceptors (Lipinski definition) is 2. The fraction of sp³-hybridized carbons (Fsp3) is 0.111. The number of hydrogen-bond donors (Lipinski definition) is 0. The Labute approximate surface area is 69.3 Å². The highest BCUT2D eigenvalue weighted by atomic mass is 16.2. The normalized spacial score (nSPS) is 14.4. The number of rotatable bonds is 1. The van der Waals surface area contributed by atoms with Crippen molar-refractivity contribution in [2.75, 3.05) is 0 Å². The molecule has 0 fully saturated rings. The van der Waals surface area contributed by atoms with Crippen molar-refractivity contribution in [2.45, 2.75) is 6.92 Å². The number of allylic oxidation sites excluding steroid dienone is 1. The molecule has 0 aromatic carbocycles. The van der Waals surface area contributed by atoms with Crippen LogP contribution in [0.4, 0.5) is 0 Å². The molecular weight excluding hydrogens is 154 g/mol. The highest BCUT2D eigenvalue weighted by molar-refractivity contribution is 6.25. The molecule has 0 spiro atoms. The third-order valence-electron chi connectivity index (χ3n) is 1.90. The minimum Gasteiger partial charge on any atom is -0.294 e. The van der Waals surface area contributed by atoms with Gasteiger partial charge in [0.1, 0.15) is 0 Å². The molecule has 2 heterocycles. The van der Waals surface area contributed by atoms with Crippen molar-refractivity contribution in [3.05, 3.63) is 29.6 Å². The lowest BCUT2D eigenvalue weighted by Gasteiger charge is -1.95. The molecule has 3 heteroatoms. The monoisotopic (exact) mass is 161 g/mol. The number of carbonyl (C=O) groups excluding carboxylic acids is 2. The van der Waals surface area contributed by atoms with Crippen LogP contribution in [0.2, 0.25) is 0 Å².